The van der Waals surface area contributed by atoms with Gasteiger partial charge in [0.2, 0.25) is 0 Å². The summed E-state index contributed by atoms with van der Waals surface area (Å²) in [6, 6.07) is 3.36. The Balaban J connectivity index is 2.30. The third-order valence-electron chi connectivity index (χ3n) is 3.17. The molecule has 25 heavy (non-hydrogen) atoms. The summed E-state index contributed by atoms with van der Waals surface area (Å²) in [5.74, 6) is 1.94. The molecule has 0 radical (unpaired) electrons. The lowest BCUT2D eigenvalue weighted by Crippen LogP contribution is -2.40. The number of nitrogens with two attached hydrogens (primary N) is 1. The highest BCUT2D eigenvalue weighted by Crippen LogP contribution is 2.38. The van der Waals surface area contributed by atoms with Crippen LogP contribution in [-0.4, -0.2) is 29.7 Å². The van der Waals surface area contributed by atoms with Gasteiger partial charge in [-0.2, -0.15) is 0 Å². The van der Waals surface area contributed by atoms with E-state index in [1.807, 2.05) is 20.8 Å². The molecule has 0 aliphatic carbocycles. The summed E-state index contributed by atoms with van der Waals surface area (Å²) in [4.78, 5) is 8.33. The lowest BCUT2D eigenvalue weighted by atomic mass is 10.1. The van der Waals surface area contributed by atoms with E-state index in [9.17, 15) is 0 Å². The number of hydrogen-bond acceptors (Lipinski definition) is 8. The minimum Gasteiger partial charge on any atom is -0.495 e. The number of rotatable bonds is 6. The van der Waals surface area contributed by atoms with Crippen molar-refractivity contribution in [2.24, 2.45) is 0 Å². The molecule has 136 valence electrons. The van der Waals surface area contributed by atoms with Gasteiger partial charge < -0.3 is 25.9 Å². The maximum Gasteiger partial charge on any atom is 0.169 e. The summed E-state index contributed by atoms with van der Waals surface area (Å²) in [6.07, 6.45) is 1.41. The molecular formula is C16H23ClN6O2. The van der Waals surface area contributed by atoms with Crippen LogP contribution in [0.5, 0.6) is 11.5 Å². The molecule has 0 saturated heterocycles. The Hall–Kier alpha value is -2.45. The fraction of sp³-hybridized carbons (Fsp3) is 0.375. The van der Waals surface area contributed by atoms with Gasteiger partial charge in [0, 0.05) is 11.6 Å². The Morgan fingerprint density at radius 2 is 1.68 bits per heavy atom. The molecule has 0 unspecified atom stereocenters. The monoisotopic (exact) mass is 366 g/mol. The predicted molar refractivity (Wildman–Crippen MR) is 101 cm³/mol. The summed E-state index contributed by atoms with van der Waals surface area (Å²) in [5, 5.41) is 3.55. The number of nitrogens with zero attached hydrogens (tertiary/aromatic N) is 2. The van der Waals surface area contributed by atoms with Crippen LogP contribution in [0.1, 0.15) is 20.8 Å². The van der Waals surface area contributed by atoms with E-state index < -0.39 is 0 Å². The quantitative estimate of drug-likeness (QED) is 0.577. The fourth-order valence-corrected chi connectivity index (χ4v) is 2.17. The van der Waals surface area contributed by atoms with Gasteiger partial charge in [-0.3, -0.25) is 0 Å². The van der Waals surface area contributed by atoms with Crippen LogP contribution in [0.15, 0.2) is 18.5 Å². The molecule has 1 aromatic carbocycles. The number of halogens is 1. The van der Waals surface area contributed by atoms with Gasteiger partial charge in [-0.1, -0.05) is 11.6 Å². The minimum atomic E-state index is -0.155. The van der Waals surface area contributed by atoms with Crippen molar-refractivity contribution in [3.63, 3.8) is 0 Å². The molecule has 0 amide bonds. The first-order valence-corrected chi connectivity index (χ1v) is 7.95. The highest BCUT2D eigenvalue weighted by molar-refractivity contribution is 6.32. The van der Waals surface area contributed by atoms with Crippen molar-refractivity contribution < 1.29 is 9.47 Å². The molecule has 9 heteroatoms. The van der Waals surface area contributed by atoms with Crippen molar-refractivity contribution in [1.82, 2.24) is 15.4 Å². The van der Waals surface area contributed by atoms with E-state index in [4.69, 9.17) is 26.8 Å². The third-order valence-corrected chi connectivity index (χ3v) is 3.46. The summed E-state index contributed by atoms with van der Waals surface area (Å²) >= 11 is 6.19. The number of hydrogen-bond donors (Lipinski definition) is 4. The molecule has 0 saturated carbocycles. The molecule has 0 bridgehead atoms. The second-order valence-corrected chi connectivity index (χ2v) is 6.70. The Labute approximate surface area is 152 Å². The van der Waals surface area contributed by atoms with Crippen LogP contribution >= 0.6 is 11.6 Å². The average Bonchev–Trinajstić information content (AvgIpc) is 2.55. The Morgan fingerprint density at radius 1 is 1.04 bits per heavy atom. The Kier molecular flexibility index (Phi) is 5.76. The van der Waals surface area contributed by atoms with Gasteiger partial charge in [-0.05, 0) is 26.8 Å². The normalized spacial score (nSPS) is 11.1. The molecule has 8 nitrogen and oxygen atoms in total. The van der Waals surface area contributed by atoms with Crippen LogP contribution in [0.2, 0.25) is 5.02 Å². The predicted octanol–water partition coefficient (Wildman–Crippen LogP) is 3.19. The van der Waals surface area contributed by atoms with E-state index in [0.717, 1.165) is 0 Å². The average molecular weight is 367 g/mol. The fourth-order valence-electron chi connectivity index (χ4n) is 1.93. The van der Waals surface area contributed by atoms with E-state index in [2.05, 4.69) is 26.1 Å². The van der Waals surface area contributed by atoms with Crippen molar-refractivity contribution in [3.05, 3.63) is 23.5 Å². The van der Waals surface area contributed by atoms with Gasteiger partial charge in [-0.15, -0.1) is 0 Å². The van der Waals surface area contributed by atoms with Gasteiger partial charge in [0.1, 0.15) is 23.5 Å². The van der Waals surface area contributed by atoms with Gasteiger partial charge in [-0.25, -0.2) is 15.4 Å². The number of methoxy groups -OCH3 is 2. The van der Waals surface area contributed by atoms with Crippen LogP contribution < -0.4 is 31.4 Å². The van der Waals surface area contributed by atoms with Crippen LogP contribution in [0.3, 0.4) is 0 Å². The van der Waals surface area contributed by atoms with E-state index in [1.165, 1.54) is 13.4 Å². The number of ether oxygens (including phenoxy) is 2. The molecule has 1 aromatic heterocycles. The Bertz CT molecular complexity index is 748. The number of nitrogens with one attached hydrogen (secondary N) is 3. The number of anilines is 4. The maximum absolute atomic E-state index is 6.19. The SMILES string of the molecule is COc1cc(OC)c(Nc2ncnc(NNC(C)(C)C)c2N)cc1Cl. The van der Waals surface area contributed by atoms with Gasteiger partial charge in [0.05, 0.1) is 24.9 Å². The zero-order valence-corrected chi connectivity index (χ0v) is 15.7. The first kappa shape index (κ1) is 18.9. The molecule has 0 aliphatic heterocycles. The molecule has 2 rings (SSSR count). The summed E-state index contributed by atoms with van der Waals surface area (Å²) in [6.45, 7) is 6.04. The van der Waals surface area contributed by atoms with Gasteiger partial charge >= 0.3 is 0 Å². The smallest absolute Gasteiger partial charge is 0.169 e. The summed E-state index contributed by atoms with van der Waals surface area (Å²) in [7, 11) is 3.09. The lowest BCUT2D eigenvalue weighted by molar-refractivity contribution is 0.396. The molecule has 2 aromatic rings. The topological polar surface area (TPSA) is 106 Å². The van der Waals surface area contributed by atoms with Gasteiger partial charge in [0.25, 0.3) is 0 Å². The zero-order valence-electron chi connectivity index (χ0n) is 14.9. The number of aromatic nitrogens is 2. The van der Waals surface area contributed by atoms with E-state index in [0.29, 0.717) is 39.5 Å². The molecule has 0 atom stereocenters. The highest BCUT2D eigenvalue weighted by atomic mass is 35.5. The van der Waals surface area contributed by atoms with E-state index >= 15 is 0 Å². The number of benzene rings is 1. The van der Waals surface area contributed by atoms with Crippen LogP contribution in [-0.2, 0) is 0 Å². The van der Waals surface area contributed by atoms with E-state index in [1.54, 1.807) is 19.2 Å². The zero-order chi connectivity index (χ0) is 18.6. The number of nitrogen functional groups attached to an aromatic ring is 1. The first-order chi connectivity index (χ1) is 11.7. The van der Waals surface area contributed by atoms with Crippen molar-refractivity contribution in [2.75, 3.05) is 30.7 Å². The first-order valence-electron chi connectivity index (χ1n) is 7.57. The number of hydrazine groups is 1. The molecule has 1 heterocycles. The largest absolute Gasteiger partial charge is 0.495 e. The van der Waals surface area contributed by atoms with Gasteiger partial charge in [0.15, 0.2) is 11.6 Å². The Morgan fingerprint density at radius 3 is 2.28 bits per heavy atom. The van der Waals surface area contributed by atoms with Crippen molar-refractivity contribution in [1.29, 1.82) is 0 Å². The standard InChI is InChI=1S/C16H23ClN6O2/c1-16(2,3)23-22-15-13(18)14(19-8-20-15)21-10-6-9(17)11(24-4)7-12(10)25-5/h6-8,23H,18H2,1-5H3,(H2,19,20,21,22). The second kappa shape index (κ2) is 7.62. The molecular weight excluding hydrogens is 344 g/mol. The molecule has 0 fully saturated rings. The second-order valence-electron chi connectivity index (χ2n) is 6.30. The molecule has 0 aliphatic rings. The molecule has 0 spiro atoms. The maximum atomic E-state index is 6.19. The van der Waals surface area contributed by atoms with E-state index in [-0.39, 0.29) is 5.54 Å². The summed E-state index contributed by atoms with van der Waals surface area (Å²) in [5.41, 5.74) is 13.1. The minimum absolute atomic E-state index is 0.155. The lowest BCUT2D eigenvalue weighted by Gasteiger charge is -2.22. The van der Waals surface area contributed by atoms with Crippen molar-refractivity contribution in [3.8, 4) is 11.5 Å². The van der Waals surface area contributed by atoms with Crippen molar-refractivity contribution >= 4 is 34.6 Å². The summed E-state index contributed by atoms with van der Waals surface area (Å²) < 4.78 is 10.6. The van der Waals surface area contributed by atoms with Crippen LogP contribution in [0, 0.1) is 0 Å². The molecule has 5 N–H and O–H groups in total. The van der Waals surface area contributed by atoms with Crippen LogP contribution in [0.4, 0.5) is 23.0 Å². The van der Waals surface area contributed by atoms with Crippen LogP contribution in [0.25, 0.3) is 0 Å². The third kappa shape index (κ3) is 4.77. The highest BCUT2D eigenvalue weighted by Gasteiger charge is 2.15. The van der Waals surface area contributed by atoms with Crippen molar-refractivity contribution in [2.45, 2.75) is 26.3 Å².